The average Bonchev–Trinajstić information content (AvgIpc) is 3.21. The number of amides is 1. The van der Waals surface area contributed by atoms with E-state index in [2.05, 4.69) is 25.5 Å². The zero-order chi connectivity index (χ0) is 24.2. The molecule has 4 heterocycles. The van der Waals surface area contributed by atoms with Crippen LogP contribution in [0.2, 0.25) is 0 Å². The van der Waals surface area contributed by atoms with Crippen molar-refractivity contribution in [2.24, 2.45) is 0 Å². The van der Waals surface area contributed by atoms with Crippen LogP contribution in [-0.4, -0.2) is 75.4 Å². The summed E-state index contributed by atoms with van der Waals surface area (Å²) in [6.45, 7) is 5.90. The fraction of sp³-hybridized carbons (Fsp3) is 0.591. The second-order valence-corrected chi connectivity index (χ2v) is 8.76. The van der Waals surface area contributed by atoms with E-state index in [4.69, 9.17) is 4.74 Å². The van der Waals surface area contributed by atoms with Crippen LogP contribution in [0.3, 0.4) is 0 Å². The van der Waals surface area contributed by atoms with Crippen LogP contribution in [-0.2, 0) is 9.53 Å². The second kappa shape index (κ2) is 10.4. The number of aromatic nitrogens is 4. The first-order chi connectivity index (χ1) is 16.3. The molecule has 2 atom stereocenters. The monoisotopic (exact) mass is 477 g/mol. The molecule has 1 amide bonds. The van der Waals surface area contributed by atoms with E-state index in [0.717, 1.165) is 25.2 Å². The Morgan fingerprint density at radius 1 is 1.15 bits per heavy atom. The first-order valence-electron chi connectivity index (χ1n) is 11.4. The van der Waals surface area contributed by atoms with Gasteiger partial charge < -0.3 is 19.9 Å². The molecule has 0 saturated carbocycles. The molecular weight excluding hydrogens is 448 g/mol. The van der Waals surface area contributed by atoms with Crippen molar-refractivity contribution >= 4 is 17.5 Å². The van der Waals surface area contributed by atoms with E-state index in [1.54, 1.807) is 13.1 Å². The highest BCUT2D eigenvalue weighted by atomic mass is 19.3. The first kappa shape index (κ1) is 24.0. The molecule has 184 valence electrons. The Morgan fingerprint density at radius 2 is 1.85 bits per heavy atom. The molecule has 0 bridgehead atoms. The highest BCUT2D eigenvalue weighted by Gasteiger charge is 2.38. The molecular formula is C22H29F2N7O3. The molecule has 0 radical (unpaired) electrons. The number of nitrogens with zero attached hydrogens (tertiary/aromatic N) is 5. The van der Waals surface area contributed by atoms with Crippen LogP contribution < -0.4 is 15.8 Å². The van der Waals surface area contributed by atoms with Gasteiger partial charge in [-0.1, -0.05) is 0 Å². The van der Waals surface area contributed by atoms with Crippen molar-refractivity contribution in [1.82, 2.24) is 25.1 Å². The Hall–Kier alpha value is -3.15. The van der Waals surface area contributed by atoms with Crippen molar-refractivity contribution in [1.29, 1.82) is 0 Å². The third-order valence-corrected chi connectivity index (χ3v) is 6.34. The van der Waals surface area contributed by atoms with Crippen LogP contribution in [0.25, 0.3) is 0 Å². The van der Waals surface area contributed by atoms with E-state index < -0.39 is 12.5 Å². The van der Waals surface area contributed by atoms with Crippen LogP contribution in [0.5, 0.6) is 0 Å². The summed E-state index contributed by atoms with van der Waals surface area (Å²) in [4.78, 5) is 36.6. The number of hydrogen-bond acceptors (Lipinski definition) is 8. The summed E-state index contributed by atoms with van der Waals surface area (Å²) in [6.07, 6.45) is 2.96. The van der Waals surface area contributed by atoms with Crippen molar-refractivity contribution in [2.45, 2.75) is 57.7 Å². The SMILES string of the molecule is Cc1c(N[C@@H](C)CO[C@H]2CCN(C3CCN(c4ncc(C(F)F)cn4)CC3)C2=O)cn[nH]c1=O. The summed E-state index contributed by atoms with van der Waals surface area (Å²) in [5, 5.41) is 9.39. The number of rotatable bonds is 8. The summed E-state index contributed by atoms with van der Waals surface area (Å²) < 4.78 is 31.3. The predicted octanol–water partition coefficient (Wildman–Crippen LogP) is 1.89. The Bertz CT molecular complexity index is 1040. The van der Waals surface area contributed by atoms with Gasteiger partial charge in [0.1, 0.15) is 6.10 Å². The lowest BCUT2D eigenvalue weighted by molar-refractivity contribution is -0.139. The standard InChI is InChI=1S/C22H29F2N7O3/c1-13(28-17-11-27-29-20(32)14(17)2)12-34-18-5-8-31(21(18)33)16-3-6-30(7-4-16)22-25-9-15(10-26-22)19(23)24/h9-11,13,16,18-19H,3-8,12H2,1-2H3,(H2,28,29,32)/t13-,18-/m0/s1. The lowest BCUT2D eigenvalue weighted by Gasteiger charge is -2.36. The van der Waals surface area contributed by atoms with Crippen LogP contribution in [0.15, 0.2) is 23.4 Å². The maximum absolute atomic E-state index is 12.9. The van der Waals surface area contributed by atoms with Gasteiger partial charge in [-0.25, -0.2) is 23.8 Å². The molecule has 0 unspecified atom stereocenters. The molecule has 0 aromatic carbocycles. The van der Waals surface area contributed by atoms with Gasteiger partial charge in [-0.15, -0.1) is 0 Å². The summed E-state index contributed by atoms with van der Waals surface area (Å²) in [7, 11) is 0. The number of alkyl halides is 2. The molecule has 2 N–H and O–H groups in total. The predicted molar refractivity (Wildman–Crippen MR) is 121 cm³/mol. The number of anilines is 2. The van der Waals surface area contributed by atoms with Gasteiger partial charge in [-0.2, -0.15) is 5.10 Å². The molecule has 0 aliphatic carbocycles. The minimum atomic E-state index is -2.58. The number of carbonyl (C=O) groups excluding carboxylic acids is 1. The van der Waals surface area contributed by atoms with Gasteiger partial charge in [0.05, 0.1) is 24.1 Å². The number of aromatic amines is 1. The van der Waals surface area contributed by atoms with Gasteiger partial charge in [0.15, 0.2) is 0 Å². The minimum Gasteiger partial charge on any atom is -0.379 e. The number of halogens is 2. The van der Waals surface area contributed by atoms with E-state index in [1.807, 2.05) is 16.7 Å². The largest absolute Gasteiger partial charge is 0.379 e. The van der Waals surface area contributed by atoms with Crippen molar-refractivity contribution < 1.29 is 18.3 Å². The first-order valence-corrected chi connectivity index (χ1v) is 11.4. The molecule has 2 fully saturated rings. The summed E-state index contributed by atoms with van der Waals surface area (Å²) in [5.41, 5.74) is 0.745. The lowest BCUT2D eigenvalue weighted by Crippen LogP contribution is -2.47. The lowest BCUT2D eigenvalue weighted by atomic mass is 10.0. The zero-order valence-corrected chi connectivity index (χ0v) is 19.2. The molecule has 34 heavy (non-hydrogen) atoms. The van der Waals surface area contributed by atoms with Crippen LogP contribution in [0, 0.1) is 6.92 Å². The number of ether oxygens (including phenoxy) is 1. The Morgan fingerprint density at radius 3 is 2.53 bits per heavy atom. The number of H-pyrrole nitrogens is 1. The number of carbonyl (C=O) groups is 1. The van der Waals surface area contributed by atoms with E-state index in [9.17, 15) is 18.4 Å². The van der Waals surface area contributed by atoms with Gasteiger partial charge in [0.2, 0.25) is 5.95 Å². The van der Waals surface area contributed by atoms with Crippen LogP contribution >= 0.6 is 0 Å². The average molecular weight is 478 g/mol. The number of piperidine rings is 1. The topological polar surface area (TPSA) is 116 Å². The normalized spacial score (nSPS) is 20.3. The fourth-order valence-electron chi connectivity index (χ4n) is 4.35. The third-order valence-electron chi connectivity index (χ3n) is 6.34. The number of hydrogen-bond donors (Lipinski definition) is 2. The molecule has 2 saturated heterocycles. The quantitative estimate of drug-likeness (QED) is 0.592. The highest BCUT2D eigenvalue weighted by Crippen LogP contribution is 2.26. The molecule has 2 aliphatic heterocycles. The molecule has 2 aliphatic rings. The van der Waals surface area contributed by atoms with Crippen molar-refractivity contribution in [3.8, 4) is 0 Å². The molecule has 0 spiro atoms. The Kier molecular flexibility index (Phi) is 7.35. The van der Waals surface area contributed by atoms with Gasteiger partial charge in [0, 0.05) is 56.1 Å². The van der Waals surface area contributed by atoms with Crippen molar-refractivity contribution in [3.05, 3.63) is 40.1 Å². The summed E-state index contributed by atoms with van der Waals surface area (Å²) in [5.74, 6) is 0.432. The molecule has 10 nitrogen and oxygen atoms in total. The van der Waals surface area contributed by atoms with Crippen molar-refractivity contribution in [3.63, 3.8) is 0 Å². The Labute approximate surface area is 195 Å². The molecule has 12 heteroatoms. The second-order valence-electron chi connectivity index (χ2n) is 8.76. The molecule has 4 rings (SSSR count). The number of nitrogens with one attached hydrogen (secondary N) is 2. The van der Waals surface area contributed by atoms with Gasteiger partial charge in [-0.3, -0.25) is 9.59 Å². The smallest absolute Gasteiger partial charge is 0.269 e. The third kappa shape index (κ3) is 5.32. The van der Waals surface area contributed by atoms with E-state index in [0.29, 0.717) is 49.9 Å². The fourth-order valence-corrected chi connectivity index (χ4v) is 4.35. The van der Waals surface area contributed by atoms with E-state index in [1.165, 1.54) is 0 Å². The van der Waals surface area contributed by atoms with Gasteiger partial charge in [-0.05, 0) is 26.7 Å². The van der Waals surface area contributed by atoms with Gasteiger partial charge >= 0.3 is 0 Å². The van der Waals surface area contributed by atoms with E-state index in [-0.39, 0.29) is 29.1 Å². The minimum absolute atomic E-state index is 0.00260. The summed E-state index contributed by atoms with van der Waals surface area (Å²) >= 11 is 0. The maximum atomic E-state index is 12.9. The molecule has 2 aromatic heterocycles. The Balaban J connectivity index is 1.24. The van der Waals surface area contributed by atoms with Gasteiger partial charge in [0.25, 0.3) is 17.9 Å². The van der Waals surface area contributed by atoms with Crippen molar-refractivity contribution in [2.75, 3.05) is 36.5 Å². The number of likely N-dealkylation sites (tertiary alicyclic amines) is 1. The maximum Gasteiger partial charge on any atom is 0.269 e. The van der Waals surface area contributed by atoms with Crippen LogP contribution in [0.1, 0.15) is 43.7 Å². The summed E-state index contributed by atoms with van der Waals surface area (Å²) in [6, 6.07) is 0.00171. The van der Waals surface area contributed by atoms with Crippen LogP contribution in [0.4, 0.5) is 20.4 Å². The highest BCUT2D eigenvalue weighted by molar-refractivity contribution is 5.83. The zero-order valence-electron chi connectivity index (χ0n) is 19.2. The van der Waals surface area contributed by atoms with E-state index >= 15 is 0 Å². The molecule has 2 aromatic rings.